The molecule has 0 unspecified atom stereocenters. The van der Waals surface area contributed by atoms with E-state index in [2.05, 4.69) is 4.74 Å². The fourth-order valence-electron chi connectivity index (χ4n) is 0.717. The van der Waals surface area contributed by atoms with Crippen LogP contribution in [0.2, 0.25) is 0 Å². The molecular formula is C8H8Cl6O3. The van der Waals surface area contributed by atoms with Crippen LogP contribution in [0, 0.1) is 0 Å². The van der Waals surface area contributed by atoms with Gasteiger partial charge in [0.25, 0.3) is 0 Å². The molecule has 0 aliphatic heterocycles. The average Bonchev–Trinajstić information content (AvgIpc) is 2.09. The van der Waals surface area contributed by atoms with E-state index in [4.69, 9.17) is 69.6 Å². The van der Waals surface area contributed by atoms with E-state index in [0.717, 1.165) is 0 Å². The third kappa shape index (κ3) is 13.1. The summed E-state index contributed by atoms with van der Waals surface area (Å²) in [4.78, 5) is 22.2. The van der Waals surface area contributed by atoms with Crippen LogP contribution >= 0.6 is 69.6 Å². The molecule has 0 spiro atoms. The molecule has 0 aromatic carbocycles. The highest BCUT2D eigenvalue weighted by molar-refractivity contribution is 6.68. The van der Waals surface area contributed by atoms with Crippen LogP contribution in [0.1, 0.15) is 25.7 Å². The quantitative estimate of drug-likeness (QED) is 0.423. The van der Waals surface area contributed by atoms with E-state index >= 15 is 0 Å². The van der Waals surface area contributed by atoms with Gasteiger partial charge in [-0.3, -0.25) is 9.59 Å². The molecule has 100 valence electrons. The molecule has 0 aliphatic rings. The van der Waals surface area contributed by atoms with Crippen LogP contribution < -0.4 is 0 Å². The van der Waals surface area contributed by atoms with Gasteiger partial charge in [-0.15, -0.1) is 0 Å². The van der Waals surface area contributed by atoms with Gasteiger partial charge in [0.1, 0.15) is 0 Å². The van der Waals surface area contributed by atoms with Crippen LogP contribution in [0.25, 0.3) is 0 Å². The molecule has 0 bridgehead atoms. The normalized spacial score (nSPS) is 12.4. The van der Waals surface area contributed by atoms with Crippen molar-refractivity contribution < 1.29 is 14.3 Å². The van der Waals surface area contributed by atoms with Gasteiger partial charge in [0.05, 0.1) is 12.8 Å². The van der Waals surface area contributed by atoms with Crippen molar-refractivity contribution in [2.24, 2.45) is 0 Å². The van der Waals surface area contributed by atoms with Gasteiger partial charge in [0, 0.05) is 12.8 Å². The maximum Gasteiger partial charge on any atom is 0.313 e. The van der Waals surface area contributed by atoms with Gasteiger partial charge in [0.15, 0.2) is 7.59 Å². The smallest absolute Gasteiger partial charge is 0.313 e. The summed E-state index contributed by atoms with van der Waals surface area (Å²) < 4.78 is 1.30. The lowest BCUT2D eigenvalue weighted by atomic mass is 10.3. The second-order valence-corrected chi connectivity index (χ2v) is 8.11. The zero-order valence-electron chi connectivity index (χ0n) is 8.32. The predicted molar refractivity (Wildman–Crippen MR) is 70.1 cm³/mol. The summed E-state index contributed by atoms with van der Waals surface area (Å²) in [6.07, 6.45) is -0.464. The lowest BCUT2D eigenvalue weighted by molar-refractivity contribution is -0.159. The second-order valence-electron chi connectivity index (χ2n) is 3.08. The maximum atomic E-state index is 11.1. The summed E-state index contributed by atoms with van der Waals surface area (Å²) in [5.41, 5.74) is 0. The van der Waals surface area contributed by atoms with E-state index in [1.54, 1.807) is 0 Å². The first-order chi connectivity index (χ1) is 7.49. The number of carbonyl (C=O) groups excluding carboxylic acids is 2. The molecule has 0 radical (unpaired) electrons. The molecule has 17 heavy (non-hydrogen) atoms. The molecular weight excluding hydrogens is 357 g/mol. The summed E-state index contributed by atoms with van der Waals surface area (Å²) in [7, 11) is 0. The van der Waals surface area contributed by atoms with Gasteiger partial charge in [-0.05, 0) is 0 Å². The fraction of sp³-hybridized carbons (Fsp3) is 0.750. The van der Waals surface area contributed by atoms with Crippen molar-refractivity contribution in [1.29, 1.82) is 0 Å². The molecule has 0 N–H and O–H groups in total. The summed E-state index contributed by atoms with van der Waals surface area (Å²) in [6, 6.07) is 0. The van der Waals surface area contributed by atoms with E-state index in [1.807, 2.05) is 0 Å². The number of halogens is 6. The van der Waals surface area contributed by atoms with Crippen LogP contribution in [0.15, 0.2) is 0 Å². The lowest BCUT2D eigenvalue weighted by Gasteiger charge is -2.10. The van der Waals surface area contributed by atoms with E-state index in [0.29, 0.717) is 0 Å². The molecule has 0 rings (SSSR count). The molecule has 0 fully saturated rings. The number of carbonyl (C=O) groups is 2. The minimum atomic E-state index is -1.56. The van der Waals surface area contributed by atoms with E-state index < -0.39 is 19.5 Å². The Morgan fingerprint density at radius 3 is 1.29 bits per heavy atom. The summed E-state index contributed by atoms with van der Waals surface area (Å²) >= 11 is 32.5. The van der Waals surface area contributed by atoms with Crippen molar-refractivity contribution >= 4 is 81.5 Å². The van der Waals surface area contributed by atoms with E-state index in [1.165, 1.54) is 0 Å². The van der Waals surface area contributed by atoms with Crippen LogP contribution in [0.4, 0.5) is 0 Å². The van der Waals surface area contributed by atoms with Crippen LogP contribution in [-0.2, 0) is 14.3 Å². The first-order valence-corrected chi connectivity index (χ1v) is 6.63. The minimum Gasteiger partial charge on any atom is -0.393 e. The Bertz CT molecular complexity index is 252. The Kier molecular flexibility index (Phi) is 7.85. The summed E-state index contributed by atoms with van der Waals surface area (Å²) in [5.74, 6) is -1.57. The summed E-state index contributed by atoms with van der Waals surface area (Å²) in [5, 5.41) is 0. The largest absolute Gasteiger partial charge is 0.393 e. The maximum absolute atomic E-state index is 11.1. The lowest BCUT2D eigenvalue weighted by Crippen LogP contribution is -2.16. The van der Waals surface area contributed by atoms with Gasteiger partial charge in [-0.2, -0.15) is 0 Å². The monoisotopic (exact) mass is 362 g/mol. The van der Waals surface area contributed by atoms with E-state index in [-0.39, 0.29) is 25.7 Å². The molecule has 0 heterocycles. The van der Waals surface area contributed by atoms with Gasteiger partial charge in [-0.25, -0.2) is 0 Å². The number of rotatable bonds is 4. The Morgan fingerprint density at radius 2 is 1.06 bits per heavy atom. The van der Waals surface area contributed by atoms with Gasteiger partial charge in [0.2, 0.25) is 0 Å². The highest BCUT2D eigenvalue weighted by Gasteiger charge is 2.24. The van der Waals surface area contributed by atoms with Crippen molar-refractivity contribution in [1.82, 2.24) is 0 Å². The third-order valence-electron chi connectivity index (χ3n) is 1.45. The number of ether oxygens (including phenoxy) is 1. The zero-order chi connectivity index (χ0) is 13.7. The first-order valence-electron chi connectivity index (χ1n) is 4.36. The molecule has 0 aromatic heterocycles. The number of hydrogen-bond acceptors (Lipinski definition) is 3. The first kappa shape index (κ1) is 17.9. The van der Waals surface area contributed by atoms with Crippen LogP contribution in [0.5, 0.6) is 0 Å². The predicted octanol–water partition coefficient (Wildman–Crippen LogP) is 4.36. The highest BCUT2D eigenvalue weighted by Crippen LogP contribution is 2.32. The van der Waals surface area contributed by atoms with Gasteiger partial charge < -0.3 is 4.74 Å². The third-order valence-corrected chi connectivity index (χ3v) is 2.59. The SMILES string of the molecule is O=C(CCC(Cl)(Cl)Cl)OC(=O)CCC(Cl)(Cl)Cl. The Hall–Kier alpha value is 0.880. The van der Waals surface area contributed by atoms with Gasteiger partial charge in [-0.1, -0.05) is 69.6 Å². The Balaban J connectivity index is 3.86. The summed E-state index contributed by atoms with van der Waals surface area (Å²) in [6.45, 7) is 0. The molecule has 0 saturated heterocycles. The molecule has 0 aromatic rings. The molecule has 0 aliphatic carbocycles. The molecule has 0 atom stereocenters. The number of hydrogen-bond donors (Lipinski definition) is 0. The topological polar surface area (TPSA) is 43.4 Å². The van der Waals surface area contributed by atoms with Crippen molar-refractivity contribution in [2.75, 3.05) is 0 Å². The van der Waals surface area contributed by atoms with Crippen molar-refractivity contribution in [3.05, 3.63) is 0 Å². The van der Waals surface area contributed by atoms with Crippen LogP contribution in [0.3, 0.4) is 0 Å². The average molecular weight is 365 g/mol. The molecule has 0 saturated carbocycles. The zero-order valence-corrected chi connectivity index (χ0v) is 12.9. The van der Waals surface area contributed by atoms with E-state index in [9.17, 15) is 9.59 Å². The molecule has 0 amide bonds. The minimum absolute atomic E-state index is 0.0474. The second kappa shape index (κ2) is 7.46. The van der Waals surface area contributed by atoms with Crippen molar-refractivity contribution in [3.8, 4) is 0 Å². The van der Waals surface area contributed by atoms with Gasteiger partial charge >= 0.3 is 11.9 Å². The Labute approximate surface area is 129 Å². The van der Waals surface area contributed by atoms with Crippen molar-refractivity contribution in [3.63, 3.8) is 0 Å². The van der Waals surface area contributed by atoms with Crippen LogP contribution in [-0.4, -0.2) is 19.5 Å². The fourth-order valence-corrected chi connectivity index (χ4v) is 1.28. The standard InChI is InChI=1S/C8H8Cl6O3/c9-7(10,11)3-1-5(15)17-6(16)2-4-8(12,13)14/h1-4H2. The molecule has 3 nitrogen and oxygen atoms in total. The van der Waals surface area contributed by atoms with Crippen molar-refractivity contribution in [2.45, 2.75) is 33.3 Å². The highest BCUT2D eigenvalue weighted by atomic mass is 35.6. The Morgan fingerprint density at radius 1 is 0.765 bits per heavy atom. The number of esters is 2. The number of alkyl halides is 6. The molecule has 9 heteroatoms.